The number of rotatable bonds is 2. The van der Waals surface area contributed by atoms with Gasteiger partial charge in [-0.2, -0.15) is 0 Å². The molecule has 2 heterocycles. The minimum Gasteiger partial charge on any atom is -0.507 e. The Bertz CT molecular complexity index is 946. The summed E-state index contributed by atoms with van der Waals surface area (Å²) < 4.78 is 5.25. The maximum absolute atomic E-state index is 11.7. The molecule has 3 N–H and O–H groups in total. The van der Waals surface area contributed by atoms with Gasteiger partial charge in [-0.3, -0.25) is 9.78 Å². The number of benzene rings is 1. The van der Waals surface area contributed by atoms with Gasteiger partial charge >= 0.3 is 0 Å². The van der Waals surface area contributed by atoms with E-state index in [1.165, 1.54) is 13.2 Å². The van der Waals surface area contributed by atoms with E-state index in [-0.39, 0.29) is 16.1 Å². The molecule has 7 heteroatoms. The second-order valence-electron chi connectivity index (χ2n) is 4.38. The lowest BCUT2D eigenvalue weighted by Gasteiger charge is -2.07. The van der Waals surface area contributed by atoms with Gasteiger partial charge in [-0.15, -0.1) is 0 Å². The average molecular weight is 301 g/mol. The van der Waals surface area contributed by atoms with Gasteiger partial charge in [0.15, 0.2) is 4.77 Å². The van der Waals surface area contributed by atoms with Crippen molar-refractivity contribution in [1.82, 2.24) is 15.0 Å². The number of hydrogen-bond acceptors (Lipinski definition) is 5. The molecule has 0 spiro atoms. The number of methoxy groups -OCH3 is 1. The maximum atomic E-state index is 11.7. The highest BCUT2D eigenvalue weighted by Gasteiger charge is 2.09. The normalized spacial score (nSPS) is 10.7. The van der Waals surface area contributed by atoms with Crippen molar-refractivity contribution < 1.29 is 9.84 Å². The van der Waals surface area contributed by atoms with E-state index < -0.39 is 0 Å². The van der Waals surface area contributed by atoms with Crippen molar-refractivity contribution in [2.45, 2.75) is 0 Å². The Hall–Kier alpha value is -2.67. The number of aromatic amines is 2. The van der Waals surface area contributed by atoms with Gasteiger partial charge in [-0.25, -0.2) is 4.98 Å². The molecule has 2 aromatic heterocycles. The zero-order chi connectivity index (χ0) is 15.0. The van der Waals surface area contributed by atoms with Crippen molar-refractivity contribution in [2.24, 2.45) is 0 Å². The van der Waals surface area contributed by atoms with E-state index >= 15 is 0 Å². The molecule has 0 saturated carbocycles. The fourth-order valence-corrected chi connectivity index (χ4v) is 2.24. The van der Waals surface area contributed by atoms with Gasteiger partial charge in [0.05, 0.1) is 18.2 Å². The van der Waals surface area contributed by atoms with E-state index in [0.29, 0.717) is 28.0 Å². The summed E-state index contributed by atoms with van der Waals surface area (Å²) in [5, 5.41) is 10.4. The molecule has 3 aromatic rings. The van der Waals surface area contributed by atoms with Crippen LogP contribution >= 0.6 is 12.2 Å². The summed E-state index contributed by atoms with van der Waals surface area (Å²) in [6.45, 7) is 0. The van der Waals surface area contributed by atoms with Gasteiger partial charge in [0.25, 0.3) is 5.56 Å². The predicted octanol–water partition coefficient (Wildman–Crippen LogP) is 2.36. The quantitative estimate of drug-likeness (QED) is 0.632. The van der Waals surface area contributed by atoms with Crippen LogP contribution in [0.25, 0.3) is 22.3 Å². The lowest BCUT2D eigenvalue weighted by Crippen LogP contribution is -2.08. The Morgan fingerprint density at radius 3 is 2.76 bits per heavy atom. The molecule has 21 heavy (non-hydrogen) atoms. The number of hydrogen-bond donors (Lipinski definition) is 3. The zero-order valence-corrected chi connectivity index (χ0v) is 11.8. The molecule has 0 amide bonds. The van der Waals surface area contributed by atoms with Crippen LogP contribution in [0.4, 0.5) is 0 Å². The molecule has 0 aliphatic heterocycles. The van der Waals surface area contributed by atoms with Gasteiger partial charge in [0.1, 0.15) is 17.1 Å². The Morgan fingerprint density at radius 2 is 2.05 bits per heavy atom. The van der Waals surface area contributed by atoms with Crippen LogP contribution in [0.2, 0.25) is 0 Å². The van der Waals surface area contributed by atoms with Crippen LogP contribution in [0.3, 0.4) is 0 Å². The maximum Gasteiger partial charge on any atom is 0.261 e. The summed E-state index contributed by atoms with van der Waals surface area (Å²) in [6.07, 6.45) is 0. The fourth-order valence-electron chi connectivity index (χ4n) is 2.05. The third-order valence-corrected chi connectivity index (χ3v) is 3.28. The highest BCUT2D eigenvalue weighted by molar-refractivity contribution is 7.71. The van der Waals surface area contributed by atoms with Crippen LogP contribution < -0.4 is 10.3 Å². The summed E-state index contributed by atoms with van der Waals surface area (Å²) in [5.41, 5.74) is 1.14. The molecule has 0 unspecified atom stereocenters. The first-order chi connectivity index (χ1) is 10.1. The number of H-pyrrole nitrogens is 2. The number of phenols is 1. The van der Waals surface area contributed by atoms with Crippen molar-refractivity contribution in [1.29, 1.82) is 0 Å². The smallest absolute Gasteiger partial charge is 0.261 e. The zero-order valence-electron chi connectivity index (χ0n) is 11.0. The molecule has 0 radical (unpaired) electrons. The number of ether oxygens (including phenoxy) is 1. The number of fused-ring (bicyclic) bond motifs is 1. The molecule has 0 atom stereocenters. The molecule has 1 aromatic carbocycles. The molecule has 0 fully saturated rings. The Morgan fingerprint density at radius 1 is 1.24 bits per heavy atom. The van der Waals surface area contributed by atoms with E-state index in [9.17, 15) is 9.90 Å². The molecule has 0 aliphatic carbocycles. The first-order valence-corrected chi connectivity index (χ1v) is 6.50. The fraction of sp³-hybridized carbons (Fsp3) is 0.0714. The van der Waals surface area contributed by atoms with E-state index in [0.717, 1.165) is 0 Å². The van der Waals surface area contributed by atoms with Crippen molar-refractivity contribution in [3.63, 3.8) is 0 Å². The van der Waals surface area contributed by atoms with Gasteiger partial charge in [-0.1, -0.05) is 0 Å². The molecule has 0 bridgehead atoms. The largest absolute Gasteiger partial charge is 0.507 e. The van der Waals surface area contributed by atoms with Gasteiger partial charge in [0, 0.05) is 11.6 Å². The monoisotopic (exact) mass is 301 g/mol. The van der Waals surface area contributed by atoms with E-state index in [4.69, 9.17) is 17.0 Å². The van der Waals surface area contributed by atoms with E-state index in [1.807, 2.05) is 0 Å². The number of aromatic nitrogens is 3. The van der Waals surface area contributed by atoms with Gasteiger partial charge in [0.2, 0.25) is 0 Å². The Labute approximate surface area is 124 Å². The first-order valence-electron chi connectivity index (χ1n) is 6.09. The van der Waals surface area contributed by atoms with Crippen LogP contribution in [-0.4, -0.2) is 27.2 Å². The SMILES string of the molecule is COc1ccc(-c2ccc3c(=O)[nH]c(=S)[nH]c3n2)c(O)c1. The van der Waals surface area contributed by atoms with Crippen LogP contribution in [0, 0.1) is 4.77 Å². The van der Waals surface area contributed by atoms with Gasteiger partial charge < -0.3 is 14.8 Å². The van der Waals surface area contributed by atoms with Crippen LogP contribution in [0.15, 0.2) is 35.1 Å². The van der Waals surface area contributed by atoms with Crippen LogP contribution in [0.5, 0.6) is 11.5 Å². The van der Waals surface area contributed by atoms with Gasteiger partial charge in [-0.05, 0) is 36.5 Å². The van der Waals surface area contributed by atoms with Crippen molar-refractivity contribution in [3.05, 3.63) is 45.5 Å². The van der Waals surface area contributed by atoms with Crippen molar-refractivity contribution >= 4 is 23.3 Å². The second-order valence-corrected chi connectivity index (χ2v) is 4.79. The lowest BCUT2D eigenvalue weighted by atomic mass is 10.1. The Kier molecular flexibility index (Phi) is 3.19. The van der Waals surface area contributed by atoms with Crippen molar-refractivity contribution in [2.75, 3.05) is 7.11 Å². The molecule has 6 nitrogen and oxygen atoms in total. The summed E-state index contributed by atoms with van der Waals surface area (Å²) >= 11 is 4.93. The molecule has 106 valence electrons. The highest BCUT2D eigenvalue weighted by Crippen LogP contribution is 2.31. The molecule has 3 rings (SSSR count). The van der Waals surface area contributed by atoms with Crippen molar-refractivity contribution in [3.8, 4) is 22.8 Å². The standard InChI is InChI=1S/C14H11N3O3S/c1-20-7-2-3-8(11(18)6-7)10-5-4-9-12(15-10)16-14(21)17-13(9)19/h2-6,18H,1H3,(H2,15,16,17,19,21). The first kappa shape index (κ1) is 13.3. The second kappa shape index (κ2) is 5.02. The number of nitrogens with one attached hydrogen (secondary N) is 2. The number of nitrogens with zero attached hydrogens (tertiary/aromatic N) is 1. The predicted molar refractivity (Wildman–Crippen MR) is 81.2 cm³/mol. The lowest BCUT2D eigenvalue weighted by molar-refractivity contribution is 0.408. The molecule has 0 saturated heterocycles. The minimum absolute atomic E-state index is 0.0460. The number of aromatic hydroxyl groups is 1. The molecule has 0 aliphatic rings. The highest BCUT2D eigenvalue weighted by atomic mass is 32.1. The van der Waals surface area contributed by atoms with E-state index in [1.54, 1.807) is 24.3 Å². The summed E-state index contributed by atoms with van der Waals surface area (Å²) in [5.74, 6) is 0.595. The Balaban J connectivity index is 2.22. The number of phenolic OH excluding ortho intramolecular Hbond substituents is 1. The average Bonchev–Trinajstić information content (AvgIpc) is 2.46. The molecular weight excluding hydrogens is 290 g/mol. The summed E-state index contributed by atoms with van der Waals surface area (Å²) in [6, 6.07) is 8.22. The van der Waals surface area contributed by atoms with E-state index in [2.05, 4.69) is 15.0 Å². The summed E-state index contributed by atoms with van der Waals surface area (Å²) in [4.78, 5) is 21.4. The minimum atomic E-state index is -0.299. The molecular formula is C14H11N3O3S. The summed E-state index contributed by atoms with van der Waals surface area (Å²) in [7, 11) is 1.52. The third-order valence-electron chi connectivity index (χ3n) is 3.08. The van der Waals surface area contributed by atoms with Crippen LogP contribution in [0.1, 0.15) is 0 Å². The topological polar surface area (TPSA) is 91.0 Å². The van der Waals surface area contributed by atoms with Crippen LogP contribution in [-0.2, 0) is 0 Å². The number of pyridine rings is 1. The third kappa shape index (κ3) is 2.38.